The van der Waals surface area contributed by atoms with Crippen LogP contribution in [-0.4, -0.2) is 32.7 Å². The van der Waals surface area contributed by atoms with Gasteiger partial charge in [0.15, 0.2) is 4.60 Å². The number of hydrogen-bond acceptors (Lipinski definition) is 4. The highest BCUT2D eigenvalue weighted by Gasteiger charge is 2.27. The van der Waals surface area contributed by atoms with E-state index in [1.165, 1.54) is 6.42 Å². The second-order valence-electron chi connectivity index (χ2n) is 3.89. The van der Waals surface area contributed by atoms with Gasteiger partial charge in [0.2, 0.25) is 0 Å². The summed E-state index contributed by atoms with van der Waals surface area (Å²) in [6, 6.07) is 0.118. The van der Waals surface area contributed by atoms with E-state index in [4.69, 9.17) is 0 Å². The van der Waals surface area contributed by atoms with Crippen LogP contribution in [0.5, 0.6) is 0 Å². The maximum absolute atomic E-state index is 10.2. The first-order valence-corrected chi connectivity index (χ1v) is 5.96. The van der Waals surface area contributed by atoms with Crippen LogP contribution in [0, 0.1) is 0 Å². The van der Waals surface area contributed by atoms with Gasteiger partial charge in [0.05, 0.1) is 0 Å². The van der Waals surface area contributed by atoms with E-state index in [0.29, 0.717) is 4.60 Å². The lowest BCUT2D eigenvalue weighted by atomic mass is 9.98. The average molecular weight is 275 g/mol. The average Bonchev–Trinajstić information content (AvgIpc) is 2.59. The molecule has 2 rings (SSSR count). The summed E-state index contributed by atoms with van der Waals surface area (Å²) in [6.45, 7) is 0.977. The Labute approximate surface area is 97.0 Å². The van der Waals surface area contributed by atoms with Gasteiger partial charge >= 0.3 is 0 Å². The van der Waals surface area contributed by atoms with Crippen LogP contribution >= 0.6 is 15.9 Å². The Bertz CT molecular complexity index is 315. The van der Waals surface area contributed by atoms with Gasteiger partial charge in [-0.1, -0.05) is 11.6 Å². The Hall–Kier alpha value is -0.460. The number of aryl methyl sites for hydroxylation is 1. The molecule has 2 N–H and O–H groups in total. The fourth-order valence-electron chi connectivity index (χ4n) is 1.99. The summed E-state index contributed by atoms with van der Waals surface area (Å²) < 4.78 is 2.25. The molecule has 1 aliphatic rings. The van der Waals surface area contributed by atoms with Gasteiger partial charge < -0.3 is 10.4 Å². The van der Waals surface area contributed by atoms with Gasteiger partial charge in [0.25, 0.3) is 0 Å². The van der Waals surface area contributed by atoms with Crippen molar-refractivity contribution in [3.63, 3.8) is 0 Å². The molecule has 0 amide bonds. The van der Waals surface area contributed by atoms with Gasteiger partial charge in [-0.15, -0.1) is 5.10 Å². The number of piperidine rings is 1. The quantitative estimate of drug-likeness (QED) is 0.836. The van der Waals surface area contributed by atoms with Crippen LogP contribution in [0.1, 0.15) is 31.1 Å². The highest BCUT2D eigenvalue weighted by molar-refractivity contribution is 9.10. The van der Waals surface area contributed by atoms with Crippen LogP contribution in [0.3, 0.4) is 0 Å². The van der Waals surface area contributed by atoms with Gasteiger partial charge in [0, 0.05) is 13.1 Å². The molecule has 15 heavy (non-hydrogen) atoms. The summed E-state index contributed by atoms with van der Waals surface area (Å²) in [5, 5.41) is 21.3. The van der Waals surface area contributed by atoms with E-state index >= 15 is 0 Å². The normalized spacial score (nSPS) is 24.1. The van der Waals surface area contributed by atoms with Crippen molar-refractivity contribution in [3.8, 4) is 0 Å². The molecule has 0 aliphatic carbocycles. The number of aliphatic hydroxyl groups is 1. The number of halogens is 1. The van der Waals surface area contributed by atoms with E-state index in [9.17, 15) is 5.11 Å². The third-order valence-corrected chi connectivity index (χ3v) is 3.40. The lowest BCUT2D eigenvalue weighted by molar-refractivity contribution is 0.105. The molecule has 1 saturated heterocycles. The van der Waals surface area contributed by atoms with Crippen molar-refractivity contribution in [1.82, 2.24) is 20.3 Å². The van der Waals surface area contributed by atoms with E-state index in [2.05, 4.69) is 31.6 Å². The third-order valence-electron chi connectivity index (χ3n) is 2.84. The number of nitrogens with zero attached hydrogens (tertiary/aromatic N) is 3. The summed E-state index contributed by atoms with van der Waals surface area (Å²) in [7, 11) is 1.79. The minimum atomic E-state index is -0.542. The minimum Gasteiger partial charge on any atom is -0.385 e. The maximum atomic E-state index is 10.2. The Morgan fingerprint density at radius 3 is 2.93 bits per heavy atom. The van der Waals surface area contributed by atoms with E-state index in [0.717, 1.165) is 25.1 Å². The lowest BCUT2D eigenvalue weighted by Crippen LogP contribution is -2.39. The smallest absolute Gasteiger partial charge is 0.154 e. The monoisotopic (exact) mass is 274 g/mol. The molecule has 1 aromatic heterocycles. The van der Waals surface area contributed by atoms with E-state index < -0.39 is 6.10 Å². The van der Waals surface area contributed by atoms with E-state index in [-0.39, 0.29) is 6.04 Å². The van der Waals surface area contributed by atoms with Gasteiger partial charge in [-0.05, 0) is 35.3 Å². The van der Waals surface area contributed by atoms with Crippen LogP contribution in [0.2, 0.25) is 0 Å². The predicted octanol–water partition coefficient (Wildman–Crippen LogP) is 0.753. The molecule has 5 nitrogen and oxygen atoms in total. The van der Waals surface area contributed by atoms with Crippen molar-refractivity contribution in [3.05, 3.63) is 10.3 Å². The molecule has 2 atom stereocenters. The zero-order chi connectivity index (χ0) is 10.8. The molecule has 2 unspecified atom stereocenters. The Balaban J connectivity index is 2.15. The highest BCUT2D eigenvalue weighted by Crippen LogP contribution is 2.26. The van der Waals surface area contributed by atoms with Crippen molar-refractivity contribution in [2.75, 3.05) is 6.54 Å². The molecule has 0 radical (unpaired) electrons. The molecule has 0 saturated carbocycles. The Morgan fingerprint density at radius 1 is 1.60 bits per heavy atom. The summed E-state index contributed by atoms with van der Waals surface area (Å²) in [5.74, 6) is 0. The fourth-order valence-corrected chi connectivity index (χ4v) is 2.55. The molecule has 0 bridgehead atoms. The van der Waals surface area contributed by atoms with Crippen molar-refractivity contribution < 1.29 is 5.11 Å². The molecular weight excluding hydrogens is 260 g/mol. The number of aliphatic hydroxyl groups excluding tert-OH is 1. The maximum Gasteiger partial charge on any atom is 0.154 e. The zero-order valence-electron chi connectivity index (χ0n) is 8.65. The molecule has 0 spiro atoms. The van der Waals surface area contributed by atoms with Crippen LogP contribution in [0.4, 0.5) is 0 Å². The Morgan fingerprint density at radius 2 is 2.40 bits per heavy atom. The first-order valence-electron chi connectivity index (χ1n) is 5.16. The van der Waals surface area contributed by atoms with Crippen LogP contribution in [-0.2, 0) is 7.05 Å². The number of aromatic nitrogens is 3. The van der Waals surface area contributed by atoms with Crippen molar-refractivity contribution in [1.29, 1.82) is 0 Å². The molecule has 1 aromatic rings. The third kappa shape index (κ3) is 2.21. The lowest BCUT2D eigenvalue weighted by Gasteiger charge is -2.27. The summed E-state index contributed by atoms with van der Waals surface area (Å²) in [4.78, 5) is 0. The summed E-state index contributed by atoms with van der Waals surface area (Å²) >= 11 is 3.30. The van der Waals surface area contributed by atoms with Crippen molar-refractivity contribution >= 4 is 15.9 Å². The first-order chi connectivity index (χ1) is 7.20. The molecular formula is C9H15BrN4O. The van der Waals surface area contributed by atoms with Crippen LogP contribution in [0.15, 0.2) is 4.60 Å². The summed E-state index contributed by atoms with van der Waals surface area (Å²) in [5.41, 5.74) is 0.745. The highest BCUT2D eigenvalue weighted by atomic mass is 79.9. The van der Waals surface area contributed by atoms with Gasteiger partial charge in [0.1, 0.15) is 11.8 Å². The second kappa shape index (κ2) is 4.59. The zero-order valence-corrected chi connectivity index (χ0v) is 10.2. The SMILES string of the molecule is Cn1nnc(Br)c1C(O)C1CCCCN1. The molecule has 84 valence electrons. The predicted molar refractivity (Wildman–Crippen MR) is 59.3 cm³/mol. The van der Waals surface area contributed by atoms with Gasteiger partial charge in [-0.2, -0.15) is 0 Å². The van der Waals surface area contributed by atoms with Crippen molar-refractivity contribution in [2.24, 2.45) is 7.05 Å². The van der Waals surface area contributed by atoms with Gasteiger partial charge in [-0.3, -0.25) is 0 Å². The van der Waals surface area contributed by atoms with E-state index in [1.807, 2.05) is 0 Å². The molecule has 6 heteroatoms. The van der Waals surface area contributed by atoms with Crippen LogP contribution in [0.25, 0.3) is 0 Å². The van der Waals surface area contributed by atoms with Crippen molar-refractivity contribution in [2.45, 2.75) is 31.4 Å². The minimum absolute atomic E-state index is 0.118. The fraction of sp³-hybridized carbons (Fsp3) is 0.778. The molecule has 2 heterocycles. The van der Waals surface area contributed by atoms with E-state index in [1.54, 1.807) is 11.7 Å². The second-order valence-corrected chi connectivity index (χ2v) is 4.64. The standard InChI is InChI=1S/C9H15BrN4O/c1-14-7(9(10)12-13-14)8(15)6-4-2-3-5-11-6/h6,8,11,15H,2-5H2,1H3. The van der Waals surface area contributed by atoms with Gasteiger partial charge in [-0.25, -0.2) is 4.68 Å². The molecule has 1 aliphatic heterocycles. The topological polar surface area (TPSA) is 63.0 Å². The van der Waals surface area contributed by atoms with Crippen LogP contribution < -0.4 is 5.32 Å². The Kier molecular flexibility index (Phi) is 3.38. The molecule has 1 fully saturated rings. The first kappa shape index (κ1) is 11.0. The molecule has 0 aromatic carbocycles. The number of nitrogens with one attached hydrogen (secondary N) is 1. The number of hydrogen-bond donors (Lipinski definition) is 2. The number of rotatable bonds is 2. The summed E-state index contributed by atoms with van der Waals surface area (Å²) in [6.07, 6.45) is 2.81. The largest absolute Gasteiger partial charge is 0.385 e.